The van der Waals surface area contributed by atoms with E-state index < -0.39 is 5.69 Å². The number of hydrogen-bond acceptors (Lipinski definition) is 8. The van der Waals surface area contributed by atoms with Gasteiger partial charge in [0.2, 0.25) is 5.88 Å². The minimum atomic E-state index is -0.529. The predicted molar refractivity (Wildman–Crippen MR) is 155 cm³/mol. The van der Waals surface area contributed by atoms with Crippen molar-refractivity contribution < 1.29 is 5.11 Å². The fourth-order valence-corrected chi connectivity index (χ4v) is 4.95. The van der Waals surface area contributed by atoms with Crippen LogP contribution in [0.5, 0.6) is 5.88 Å². The molecule has 3 aliphatic rings. The molecule has 2 aliphatic heterocycles. The van der Waals surface area contributed by atoms with Crippen molar-refractivity contribution in [2.75, 3.05) is 51.6 Å². The molecule has 39 heavy (non-hydrogen) atoms. The van der Waals surface area contributed by atoms with Crippen LogP contribution in [-0.4, -0.2) is 88.2 Å². The zero-order chi connectivity index (χ0) is 27.6. The lowest BCUT2D eigenvalue weighted by atomic mass is 10.1. The number of aromatic hydroxyl groups is 1. The maximum Gasteiger partial charge on any atom is 0.326 e. The van der Waals surface area contributed by atoms with Gasteiger partial charge >= 0.3 is 5.69 Å². The number of allylic oxidation sites excluding steroid dienone is 1. The molecule has 1 aromatic heterocycles. The highest BCUT2D eigenvalue weighted by Crippen LogP contribution is 2.46. The van der Waals surface area contributed by atoms with Gasteiger partial charge in [0.15, 0.2) is 5.84 Å². The van der Waals surface area contributed by atoms with Crippen LogP contribution >= 0.6 is 11.6 Å². The Balaban J connectivity index is 1.33. The summed E-state index contributed by atoms with van der Waals surface area (Å²) in [6.45, 7) is 10.2. The second-order valence-corrected chi connectivity index (χ2v) is 10.9. The topological polar surface area (TPSA) is 139 Å². The Labute approximate surface area is 232 Å². The summed E-state index contributed by atoms with van der Waals surface area (Å²) in [6, 6.07) is 7.37. The summed E-state index contributed by atoms with van der Waals surface area (Å²) in [5, 5.41) is 32.1. The molecule has 1 aromatic carbocycles. The largest absolute Gasteiger partial charge is 0.493 e. The summed E-state index contributed by atoms with van der Waals surface area (Å²) in [7, 11) is 2.16. The van der Waals surface area contributed by atoms with Crippen LogP contribution in [0.1, 0.15) is 18.5 Å². The van der Waals surface area contributed by atoms with Crippen molar-refractivity contribution in [2.24, 2.45) is 10.5 Å². The zero-order valence-electron chi connectivity index (χ0n) is 21.9. The molecule has 1 saturated heterocycles. The summed E-state index contributed by atoms with van der Waals surface area (Å²) in [6.07, 6.45) is 7.14. The van der Waals surface area contributed by atoms with E-state index in [0.717, 1.165) is 57.8 Å². The number of aromatic nitrogens is 2. The first-order valence-corrected chi connectivity index (χ1v) is 13.3. The van der Waals surface area contributed by atoms with Gasteiger partial charge in [0, 0.05) is 72.7 Å². The highest BCUT2D eigenvalue weighted by Gasteiger charge is 2.44. The number of nitrogens with zero attached hydrogens (tertiary/aromatic N) is 4. The fraction of sp³-hybridized carbons (Fsp3) is 0.370. The van der Waals surface area contributed by atoms with Crippen molar-refractivity contribution in [3.63, 3.8) is 0 Å². The first-order chi connectivity index (χ1) is 18.7. The van der Waals surface area contributed by atoms with E-state index in [9.17, 15) is 9.90 Å². The van der Waals surface area contributed by atoms with E-state index >= 15 is 0 Å². The van der Waals surface area contributed by atoms with Gasteiger partial charge < -0.3 is 30.5 Å². The average molecular weight is 552 g/mol. The number of rotatable bonds is 10. The number of nitrogens with one attached hydrogen (secondary N) is 5. The van der Waals surface area contributed by atoms with Crippen molar-refractivity contribution >= 4 is 35.4 Å². The highest BCUT2D eigenvalue weighted by molar-refractivity contribution is 6.30. The van der Waals surface area contributed by atoms with E-state index in [-0.39, 0.29) is 22.8 Å². The molecule has 6 N–H and O–H groups in total. The van der Waals surface area contributed by atoms with E-state index in [1.165, 1.54) is 17.3 Å². The number of hydrazone groups is 1. The normalized spacial score (nSPS) is 20.6. The Morgan fingerprint density at radius 2 is 2.05 bits per heavy atom. The monoisotopic (exact) mass is 551 g/mol. The summed E-state index contributed by atoms with van der Waals surface area (Å²) in [5.41, 5.74) is 1.65. The van der Waals surface area contributed by atoms with Gasteiger partial charge in [-0.05, 0) is 44.2 Å². The Morgan fingerprint density at radius 3 is 2.72 bits per heavy atom. The van der Waals surface area contributed by atoms with Crippen LogP contribution in [0.15, 0.2) is 63.9 Å². The molecule has 0 radical (unpaired) electrons. The molecule has 0 atom stereocenters. The fourth-order valence-electron chi connectivity index (χ4n) is 4.76. The van der Waals surface area contributed by atoms with Gasteiger partial charge in [-0.15, -0.1) is 0 Å². The minimum absolute atomic E-state index is 0.0923. The number of amidine groups is 1. The van der Waals surface area contributed by atoms with E-state index in [1.807, 2.05) is 24.3 Å². The molecule has 12 heteroatoms. The molecule has 2 aromatic rings. The van der Waals surface area contributed by atoms with Crippen molar-refractivity contribution in [3.8, 4) is 5.88 Å². The summed E-state index contributed by atoms with van der Waals surface area (Å²) in [5.74, 6) is 0.394. The average Bonchev–Trinajstić information content (AvgIpc) is 3.45. The molecule has 5 rings (SSSR count). The molecule has 0 amide bonds. The van der Waals surface area contributed by atoms with Crippen LogP contribution in [0.3, 0.4) is 0 Å². The first-order valence-electron chi connectivity index (χ1n) is 12.9. The number of piperazine rings is 1. The van der Waals surface area contributed by atoms with Gasteiger partial charge in [0.25, 0.3) is 0 Å². The van der Waals surface area contributed by atoms with Gasteiger partial charge in [-0.2, -0.15) is 10.1 Å². The molecule has 3 heterocycles. The Kier molecular flexibility index (Phi) is 7.65. The molecule has 1 saturated carbocycles. The number of aromatic amines is 2. The van der Waals surface area contributed by atoms with Gasteiger partial charge in [-0.1, -0.05) is 24.2 Å². The molecular weight excluding hydrogens is 518 g/mol. The molecular formula is C27H34ClN9O2. The number of likely N-dealkylation sites (N-methyl/N-ethyl adjacent to an activating group) is 1. The molecule has 206 valence electrons. The van der Waals surface area contributed by atoms with E-state index in [0.29, 0.717) is 22.1 Å². The van der Waals surface area contributed by atoms with Crippen molar-refractivity contribution in [1.82, 2.24) is 30.1 Å². The predicted octanol–water partition coefficient (Wildman–Crippen LogP) is 2.81. The Bertz CT molecular complexity index is 1390. The van der Waals surface area contributed by atoms with Gasteiger partial charge in [-0.3, -0.25) is 10.4 Å². The quantitative estimate of drug-likeness (QED) is 0.250. The number of halogens is 1. The third-order valence-corrected chi connectivity index (χ3v) is 7.49. The Hall–Kier alpha value is -3.80. The molecule has 1 aliphatic carbocycles. The standard InChI is InChI=1S/C27H34ClN9O2/c1-18(32-21-5-3-4-20(28)14-21)12-23(30-16-27(6-7-27)17-36-10-8-35(2)9-11-36)37-24(29)19(15-31-37)13-22-25(38)34-26(39)33-22/h3-5,12-15,29-30,32,38H,1,6-11,16-17H2,2H3,(H2,33,34,39)/b19-13?,23-12-,29-24?. The van der Waals surface area contributed by atoms with E-state index in [2.05, 4.69) is 49.1 Å². The number of H-pyrrole nitrogens is 2. The second-order valence-electron chi connectivity index (χ2n) is 10.5. The lowest BCUT2D eigenvalue weighted by Gasteiger charge is -2.35. The van der Waals surface area contributed by atoms with Crippen molar-refractivity contribution in [3.05, 3.63) is 75.2 Å². The second kappa shape index (κ2) is 11.1. The smallest absolute Gasteiger partial charge is 0.326 e. The van der Waals surface area contributed by atoms with Gasteiger partial charge in [-0.25, -0.2) is 4.79 Å². The highest BCUT2D eigenvalue weighted by atomic mass is 35.5. The van der Waals surface area contributed by atoms with Gasteiger partial charge in [0.05, 0.1) is 6.21 Å². The van der Waals surface area contributed by atoms with Crippen molar-refractivity contribution in [2.45, 2.75) is 12.8 Å². The molecule has 0 unspecified atom stereocenters. The number of imidazole rings is 1. The number of benzene rings is 1. The Morgan fingerprint density at radius 1 is 1.28 bits per heavy atom. The van der Waals surface area contributed by atoms with Crippen molar-refractivity contribution in [1.29, 1.82) is 5.41 Å². The van der Waals surface area contributed by atoms with Crippen LogP contribution in [0.4, 0.5) is 5.69 Å². The van der Waals surface area contributed by atoms with Crippen LogP contribution in [0, 0.1) is 10.8 Å². The third kappa shape index (κ3) is 6.62. The van der Waals surface area contributed by atoms with Gasteiger partial charge in [0.1, 0.15) is 11.5 Å². The van der Waals surface area contributed by atoms with Crippen LogP contribution in [-0.2, 0) is 0 Å². The minimum Gasteiger partial charge on any atom is -0.493 e. The van der Waals surface area contributed by atoms with Crippen LogP contribution in [0.25, 0.3) is 6.08 Å². The van der Waals surface area contributed by atoms with E-state index in [4.69, 9.17) is 17.0 Å². The molecule has 0 bridgehead atoms. The SMILES string of the molecule is C=C(/C=C(/NCC1(CN2CCN(C)CC2)CC1)N1N=CC(=Cc2[nH]c(=O)[nH]c2O)C1=N)Nc1cccc(Cl)c1. The number of hydrogen-bond donors (Lipinski definition) is 6. The lowest BCUT2D eigenvalue weighted by molar-refractivity contribution is 0.130. The maximum atomic E-state index is 11.5. The first kappa shape index (κ1) is 26.8. The third-order valence-electron chi connectivity index (χ3n) is 7.26. The molecule has 11 nitrogen and oxygen atoms in total. The lowest BCUT2D eigenvalue weighted by Crippen LogP contribution is -2.47. The summed E-state index contributed by atoms with van der Waals surface area (Å²) < 4.78 is 0. The zero-order valence-corrected chi connectivity index (χ0v) is 22.7. The molecule has 0 spiro atoms. The maximum absolute atomic E-state index is 11.5. The van der Waals surface area contributed by atoms with Crippen LogP contribution in [0.2, 0.25) is 5.02 Å². The summed E-state index contributed by atoms with van der Waals surface area (Å²) >= 11 is 6.14. The molecule has 2 fully saturated rings. The summed E-state index contributed by atoms with van der Waals surface area (Å²) in [4.78, 5) is 21.2. The van der Waals surface area contributed by atoms with Crippen LogP contribution < -0.4 is 16.3 Å². The number of anilines is 1. The van der Waals surface area contributed by atoms with E-state index in [1.54, 1.807) is 6.07 Å².